The van der Waals surface area contributed by atoms with Gasteiger partial charge in [0, 0.05) is 19.0 Å². The zero-order valence-corrected chi connectivity index (χ0v) is 18.6. The van der Waals surface area contributed by atoms with Crippen LogP contribution in [0.4, 0.5) is 10.1 Å². The first-order valence-electron chi connectivity index (χ1n) is 10.7. The van der Waals surface area contributed by atoms with Crippen LogP contribution in [0, 0.1) is 5.82 Å². The fourth-order valence-corrected chi connectivity index (χ4v) is 3.67. The van der Waals surface area contributed by atoms with Crippen molar-refractivity contribution in [1.82, 2.24) is 24.1 Å². The average molecular weight is 466 g/mol. The fourth-order valence-electron chi connectivity index (χ4n) is 3.67. The molecular weight excluding hydrogens is 443 g/mol. The molecule has 0 atom stereocenters. The summed E-state index contributed by atoms with van der Waals surface area (Å²) in [5.41, 5.74) is -0.748. The van der Waals surface area contributed by atoms with Gasteiger partial charge in [-0.25, -0.2) is 18.3 Å². The van der Waals surface area contributed by atoms with E-state index >= 15 is 0 Å². The maximum absolute atomic E-state index is 13.9. The Kier molecular flexibility index (Phi) is 6.26. The van der Waals surface area contributed by atoms with Crippen molar-refractivity contribution in [2.24, 2.45) is 0 Å². The number of fused-ring (bicyclic) bond motifs is 3. The number of nitrogens with zero attached hydrogens (tertiary/aromatic N) is 4. The zero-order valence-electron chi connectivity index (χ0n) is 18.6. The lowest BCUT2D eigenvalue weighted by Gasteiger charge is -2.11. The molecule has 4 rings (SSSR count). The van der Waals surface area contributed by atoms with Gasteiger partial charge in [0.1, 0.15) is 12.4 Å². The number of halogens is 1. The lowest BCUT2D eigenvalue weighted by molar-refractivity contribution is -0.121. The van der Waals surface area contributed by atoms with Crippen LogP contribution in [0.25, 0.3) is 16.7 Å². The highest BCUT2D eigenvalue weighted by molar-refractivity contribution is 5.90. The lowest BCUT2D eigenvalue weighted by atomic mass is 10.2. The molecule has 0 saturated heterocycles. The van der Waals surface area contributed by atoms with Crippen LogP contribution in [0.15, 0.2) is 58.1 Å². The van der Waals surface area contributed by atoms with Gasteiger partial charge >= 0.3 is 5.69 Å². The van der Waals surface area contributed by atoms with Crippen molar-refractivity contribution in [3.63, 3.8) is 0 Å². The number of aryl methyl sites for hydroxylation is 1. The average Bonchev–Trinajstić information content (AvgIpc) is 3.10. The van der Waals surface area contributed by atoms with Crippen LogP contribution in [0.5, 0.6) is 0 Å². The van der Waals surface area contributed by atoms with Crippen molar-refractivity contribution >= 4 is 34.2 Å². The molecule has 0 saturated carbocycles. The molecule has 0 aliphatic rings. The molecule has 0 aliphatic heterocycles. The van der Waals surface area contributed by atoms with E-state index in [1.807, 2.05) is 13.8 Å². The van der Waals surface area contributed by atoms with E-state index in [2.05, 4.69) is 15.7 Å². The third kappa shape index (κ3) is 4.45. The van der Waals surface area contributed by atoms with Crippen LogP contribution in [-0.4, -0.2) is 36.6 Å². The van der Waals surface area contributed by atoms with Crippen LogP contribution in [0.1, 0.15) is 20.3 Å². The van der Waals surface area contributed by atoms with E-state index < -0.39 is 29.5 Å². The Bertz CT molecular complexity index is 1520. The third-order valence-electron chi connectivity index (χ3n) is 5.14. The summed E-state index contributed by atoms with van der Waals surface area (Å²) in [6.07, 6.45) is 0.000900. The zero-order chi connectivity index (χ0) is 24.4. The summed E-state index contributed by atoms with van der Waals surface area (Å²) < 4.78 is 17.2. The number of rotatable bonds is 7. The summed E-state index contributed by atoms with van der Waals surface area (Å²) in [6, 6.07) is 12.1. The van der Waals surface area contributed by atoms with Gasteiger partial charge in [-0.05, 0) is 38.1 Å². The topological polar surface area (TPSA) is 120 Å². The van der Waals surface area contributed by atoms with Gasteiger partial charge < -0.3 is 10.6 Å². The number of hydrogen-bond acceptors (Lipinski definition) is 5. The van der Waals surface area contributed by atoms with Gasteiger partial charge in [-0.3, -0.25) is 19.0 Å². The monoisotopic (exact) mass is 466 g/mol. The Morgan fingerprint density at radius 2 is 1.74 bits per heavy atom. The van der Waals surface area contributed by atoms with Crippen molar-refractivity contribution < 1.29 is 14.0 Å². The van der Waals surface area contributed by atoms with Gasteiger partial charge in [0.15, 0.2) is 0 Å². The largest absolute Gasteiger partial charge is 0.354 e. The Morgan fingerprint density at radius 1 is 1.03 bits per heavy atom. The molecule has 0 bridgehead atoms. The molecule has 0 radical (unpaired) electrons. The molecule has 2 amide bonds. The molecule has 0 spiro atoms. The van der Waals surface area contributed by atoms with Gasteiger partial charge in [-0.1, -0.05) is 24.3 Å². The molecule has 0 aliphatic carbocycles. The first-order chi connectivity index (χ1) is 16.3. The number of carbonyl (C=O) groups excluding carboxylic acids is 2. The highest BCUT2D eigenvalue weighted by Gasteiger charge is 2.19. The van der Waals surface area contributed by atoms with Crippen molar-refractivity contribution in [3.8, 4) is 0 Å². The summed E-state index contributed by atoms with van der Waals surface area (Å²) in [5.74, 6) is -1.52. The number of amides is 2. The summed E-state index contributed by atoms with van der Waals surface area (Å²) in [5, 5.41) is 9.65. The molecule has 34 heavy (non-hydrogen) atoms. The molecule has 0 fully saturated rings. The van der Waals surface area contributed by atoms with Crippen LogP contribution in [-0.2, 0) is 22.7 Å². The standard InChI is InChI=1S/C23H23FN6O4/c1-14(2)25-19(31)11-12-28-21(33)15-7-3-6-10-18(15)30-22(28)27-29(23(30)34)13-20(32)26-17-9-5-4-8-16(17)24/h3-10,14H,11-13H2,1-2H3,(H,25,31)(H,26,32). The minimum absolute atomic E-state index is 0.000900. The summed E-state index contributed by atoms with van der Waals surface area (Å²) in [7, 11) is 0. The van der Waals surface area contributed by atoms with Crippen molar-refractivity contribution in [1.29, 1.82) is 0 Å². The molecule has 2 heterocycles. The maximum atomic E-state index is 13.9. The van der Waals surface area contributed by atoms with Gasteiger partial charge in [-0.2, -0.15) is 0 Å². The lowest BCUT2D eigenvalue weighted by Crippen LogP contribution is -2.33. The van der Waals surface area contributed by atoms with E-state index in [0.717, 1.165) is 4.68 Å². The van der Waals surface area contributed by atoms with Crippen LogP contribution < -0.4 is 21.9 Å². The highest BCUT2D eigenvalue weighted by atomic mass is 19.1. The quantitative estimate of drug-likeness (QED) is 0.428. The van der Waals surface area contributed by atoms with Crippen molar-refractivity contribution in [2.75, 3.05) is 5.32 Å². The first-order valence-corrected chi connectivity index (χ1v) is 10.7. The Balaban J connectivity index is 1.75. The van der Waals surface area contributed by atoms with Gasteiger partial charge in [0.2, 0.25) is 17.6 Å². The second-order valence-corrected chi connectivity index (χ2v) is 8.05. The van der Waals surface area contributed by atoms with E-state index in [-0.39, 0.29) is 41.8 Å². The third-order valence-corrected chi connectivity index (χ3v) is 5.14. The molecule has 2 aromatic carbocycles. The normalized spacial score (nSPS) is 11.3. The number of carbonyl (C=O) groups is 2. The molecule has 0 unspecified atom stereocenters. The van der Waals surface area contributed by atoms with E-state index in [0.29, 0.717) is 5.52 Å². The minimum Gasteiger partial charge on any atom is -0.354 e. The number of nitrogens with one attached hydrogen (secondary N) is 2. The van der Waals surface area contributed by atoms with Gasteiger partial charge in [0.05, 0.1) is 16.6 Å². The summed E-state index contributed by atoms with van der Waals surface area (Å²) in [6.45, 7) is 3.15. The molecule has 11 heteroatoms. The second kappa shape index (κ2) is 9.30. The number of benzene rings is 2. The summed E-state index contributed by atoms with van der Waals surface area (Å²) in [4.78, 5) is 50.9. The molecule has 176 valence electrons. The molecule has 2 N–H and O–H groups in total. The van der Waals surface area contributed by atoms with Crippen LogP contribution in [0.3, 0.4) is 0 Å². The predicted octanol–water partition coefficient (Wildman–Crippen LogP) is 1.50. The SMILES string of the molecule is CC(C)NC(=O)CCn1c(=O)c2ccccc2n2c(=O)n(CC(=O)Nc3ccccc3F)nc12. The van der Waals surface area contributed by atoms with Gasteiger partial charge in [0.25, 0.3) is 5.56 Å². The molecule has 10 nitrogen and oxygen atoms in total. The smallest absolute Gasteiger partial charge is 0.352 e. The van der Waals surface area contributed by atoms with E-state index in [9.17, 15) is 23.6 Å². The van der Waals surface area contributed by atoms with E-state index in [1.165, 1.54) is 27.2 Å². The van der Waals surface area contributed by atoms with Crippen LogP contribution >= 0.6 is 0 Å². The van der Waals surface area contributed by atoms with Crippen LogP contribution in [0.2, 0.25) is 0 Å². The molecule has 2 aromatic heterocycles. The first kappa shape index (κ1) is 22.9. The Labute approximate surface area is 192 Å². The summed E-state index contributed by atoms with van der Waals surface area (Å²) >= 11 is 0. The molecular formula is C23H23FN6O4. The van der Waals surface area contributed by atoms with Gasteiger partial charge in [-0.15, -0.1) is 5.10 Å². The number of aromatic nitrogens is 4. The Hall–Kier alpha value is -4.28. The maximum Gasteiger partial charge on any atom is 0.352 e. The van der Waals surface area contributed by atoms with Crippen molar-refractivity contribution in [2.45, 2.75) is 39.4 Å². The number of para-hydroxylation sites is 2. The van der Waals surface area contributed by atoms with E-state index in [1.54, 1.807) is 30.3 Å². The van der Waals surface area contributed by atoms with E-state index in [4.69, 9.17) is 0 Å². The second-order valence-electron chi connectivity index (χ2n) is 8.05. The number of hydrogen-bond donors (Lipinski definition) is 2. The fraction of sp³-hybridized carbons (Fsp3) is 0.261. The number of anilines is 1. The minimum atomic E-state index is -0.662. The van der Waals surface area contributed by atoms with Crippen molar-refractivity contribution in [3.05, 3.63) is 75.2 Å². The highest BCUT2D eigenvalue weighted by Crippen LogP contribution is 2.13. The molecule has 4 aromatic rings. The Morgan fingerprint density at radius 3 is 2.47 bits per heavy atom. The predicted molar refractivity (Wildman–Crippen MR) is 124 cm³/mol.